The molecular formula is C26H33N3O5. The molecule has 182 valence electrons. The average molecular weight is 468 g/mol. The number of hydrogen-bond donors (Lipinski definition) is 3. The highest BCUT2D eigenvalue weighted by Gasteiger charge is 2.45. The Kier molecular flexibility index (Phi) is 7.94. The number of aliphatic hydroxyl groups is 1. The van der Waals surface area contributed by atoms with Crippen molar-refractivity contribution in [3.63, 3.8) is 0 Å². The van der Waals surface area contributed by atoms with Crippen molar-refractivity contribution < 1.29 is 24.2 Å². The lowest BCUT2D eigenvalue weighted by atomic mass is 9.68. The van der Waals surface area contributed by atoms with E-state index < -0.39 is 18.7 Å². The van der Waals surface area contributed by atoms with Gasteiger partial charge in [-0.25, -0.2) is 4.79 Å². The van der Waals surface area contributed by atoms with Gasteiger partial charge in [0.15, 0.2) is 0 Å². The molecule has 0 bridgehead atoms. The molecule has 1 aliphatic heterocycles. The van der Waals surface area contributed by atoms with Gasteiger partial charge < -0.3 is 20.5 Å². The summed E-state index contributed by atoms with van der Waals surface area (Å²) >= 11 is 0. The van der Waals surface area contributed by atoms with Gasteiger partial charge in [-0.05, 0) is 43.4 Å². The molecular weight excluding hydrogens is 434 g/mol. The number of urea groups is 1. The minimum absolute atomic E-state index is 0. The van der Waals surface area contributed by atoms with E-state index >= 15 is 0 Å². The van der Waals surface area contributed by atoms with Crippen LogP contribution in [0.1, 0.15) is 49.0 Å². The van der Waals surface area contributed by atoms with Crippen molar-refractivity contribution in [2.75, 3.05) is 20.3 Å². The number of para-hydroxylation sites is 1. The quantitative estimate of drug-likeness (QED) is 0.543. The van der Waals surface area contributed by atoms with Gasteiger partial charge in [0, 0.05) is 18.0 Å². The van der Waals surface area contributed by atoms with Gasteiger partial charge in [0.25, 0.3) is 11.8 Å². The summed E-state index contributed by atoms with van der Waals surface area (Å²) in [5.41, 5.74) is 1.28. The third-order valence-electron chi connectivity index (χ3n) is 6.84. The number of amides is 4. The van der Waals surface area contributed by atoms with Crippen LogP contribution >= 0.6 is 0 Å². The van der Waals surface area contributed by atoms with Crippen LogP contribution in [0.5, 0.6) is 5.75 Å². The molecule has 2 aromatic rings. The number of aliphatic hydroxyl groups excluding tert-OH is 1. The summed E-state index contributed by atoms with van der Waals surface area (Å²) in [7, 11) is 1.54. The molecule has 0 radical (unpaired) electrons. The van der Waals surface area contributed by atoms with Crippen molar-refractivity contribution in [2.24, 2.45) is 0 Å². The maximum atomic E-state index is 12.9. The number of ether oxygens (including phenoxy) is 1. The molecule has 1 atom stereocenters. The zero-order valence-corrected chi connectivity index (χ0v) is 18.6. The van der Waals surface area contributed by atoms with Crippen LogP contribution in [0.2, 0.25) is 0 Å². The molecule has 1 heterocycles. The van der Waals surface area contributed by atoms with Gasteiger partial charge in [-0.1, -0.05) is 49.9 Å². The zero-order valence-electron chi connectivity index (χ0n) is 18.6. The predicted octanol–water partition coefficient (Wildman–Crippen LogP) is 2.85. The van der Waals surface area contributed by atoms with Crippen molar-refractivity contribution in [1.29, 1.82) is 0 Å². The van der Waals surface area contributed by atoms with E-state index in [1.165, 1.54) is 12.0 Å². The van der Waals surface area contributed by atoms with Crippen molar-refractivity contribution in [2.45, 2.75) is 50.6 Å². The summed E-state index contributed by atoms with van der Waals surface area (Å²) < 4.78 is 5.32. The summed E-state index contributed by atoms with van der Waals surface area (Å²) in [5, 5.41) is 15.0. The van der Waals surface area contributed by atoms with Gasteiger partial charge in [-0.15, -0.1) is 0 Å². The molecule has 1 saturated carbocycles. The summed E-state index contributed by atoms with van der Waals surface area (Å²) in [5.74, 6) is -0.0570. The van der Waals surface area contributed by atoms with Crippen LogP contribution in [0, 0.1) is 0 Å². The monoisotopic (exact) mass is 467 g/mol. The minimum Gasteiger partial charge on any atom is -0.496 e. The Morgan fingerprint density at radius 3 is 2.38 bits per heavy atom. The average Bonchev–Trinajstić information content (AvgIpc) is 3.16. The molecule has 8 heteroatoms. The minimum atomic E-state index is -0.863. The lowest BCUT2D eigenvalue weighted by molar-refractivity contribution is -0.130. The Labute approximate surface area is 200 Å². The molecule has 4 rings (SSSR count). The second-order valence-corrected chi connectivity index (χ2v) is 8.65. The number of benzene rings is 2. The number of carbonyl (C=O) groups excluding carboxylic acids is 3. The van der Waals surface area contributed by atoms with Gasteiger partial charge in [-0.2, -0.15) is 0 Å². The van der Waals surface area contributed by atoms with E-state index in [1.807, 2.05) is 24.3 Å². The second kappa shape index (κ2) is 10.7. The number of carbonyl (C=O) groups is 3. The number of nitrogens with zero attached hydrogens (tertiary/aromatic N) is 1. The van der Waals surface area contributed by atoms with Gasteiger partial charge in [0.2, 0.25) is 0 Å². The van der Waals surface area contributed by atoms with Crippen LogP contribution in [0.4, 0.5) is 4.79 Å². The van der Waals surface area contributed by atoms with E-state index in [9.17, 15) is 19.5 Å². The summed E-state index contributed by atoms with van der Waals surface area (Å²) in [4.78, 5) is 39.1. The first-order valence-electron chi connectivity index (χ1n) is 11.2. The van der Waals surface area contributed by atoms with Gasteiger partial charge in [-0.3, -0.25) is 14.5 Å². The molecule has 2 aliphatic rings. The standard InChI is InChI=1S/C25H29N3O5.CH4/c1-33-21-10-6-5-9-19(21)22(30)26-16-25(17-7-3-2-4-8-17)13-11-18(12-14-25)28-23(31)20(15-29)27-24(28)32;/h2-10,18,20,29H,11-16H2,1H3,(H,26,30)(H,27,32);1H4/t18?,20-,25?;/m0./s1. The normalized spacial score (nSPS) is 24.2. The highest BCUT2D eigenvalue weighted by Crippen LogP contribution is 2.41. The van der Waals surface area contributed by atoms with E-state index in [4.69, 9.17) is 4.74 Å². The number of nitrogens with one attached hydrogen (secondary N) is 2. The van der Waals surface area contributed by atoms with Crippen LogP contribution in [0.15, 0.2) is 54.6 Å². The van der Waals surface area contributed by atoms with E-state index in [0.717, 1.165) is 5.56 Å². The van der Waals surface area contributed by atoms with Crippen LogP contribution in [0.25, 0.3) is 0 Å². The largest absolute Gasteiger partial charge is 0.496 e. The fourth-order valence-corrected chi connectivity index (χ4v) is 4.97. The fraction of sp³-hybridized carbons (Fsp3) is 0.423. The van der Waals surface area contributed by atoms with Gasteiger partial charge in [0.1, 0.15) is 11.8 Å². The maximum absolute atomic E-state index is 12.9. The van der Waals surface area contributed by atoms with Crippen LogP contribution in [-0.4, -0.2) is 60.2 Å². The Hall–Kier alpha value is -3.39. The van der Waals surface area contributed by atoms with E-state index in [2.05, 4.69) is 22.8 Å². The molecule has 2 fully saturated rings. The summed E-state index contributed by atoms with van der Waals surface area (Å²) in [6.45, 7) is 0.0246. The van der Waals surface area contributed by atoms with Gasteiger partial charge >= 0.3 is 6.03 Å². The lowest BCUT2D eigenvalue weighted by Gasteiger charge is -2.42. The van der Waals surface area contributed by atoms with E-state index in [0.29, 0.717) is 43.5 Å². The molecule has 0 spiro atoms. The van der Waals surface area contributed by atoms with E-state index in [1.54, 1.807) is 18.2 Å². The zero-order chi connectivity index (χ0) is 23.4. The lowest BCUT2D eigenvalue weighted by Crippen LogP contribution is -2.49. The number of hydrogen-bond acceptors (Lipinski definition) is 5. The number of rotatable bonds is 7. The highest BCUT2D eigenvalue weighted by molar-refractivity contribution is 6.04. The number of imide groups is 1. The Balaban J connectivity index is 0.00000324. The predicted molar refractivity (Wildman–Crippen MR) is 129 cm³/mol. The molecule has 0 aromatic heterocycles. The third-order valence-corrected chi connectivity index (χ3v) is 6.84. The Morgan fingerprint density at radius 1 is 1.12 bits per heavy atom. The Morgan fingerprint density at radius 2 is 1.76 bits per heavy atom. The summed E-state index contributed by atoms with van der Waals surface area (Å²) in [6, 6.07) is 15.6. The first-order valence-corrected chi connectivity index (χ1v) is 11.2. The molecule has 0 unspecified atom stereocenters. The first-order chi connectivity index (χ1) is 16.0. The van der Waals surface area contributed by atoms with Crippen molar-refractivity contribution in [1.82, 2.24) is 15.5 Å². The molecule has 8 nitrogen and oxygen atoms in total. The molecule has 1 saturated heterocycles. The Bertz CT molecular complexity index is 1020. The van der Waals surface area contributed by atoms with Crippen LogP contribution in [-0.2, 0) is 10.2 Å². The molecule has 1 aliphatic carbocycles. The molecule has 2 aromatic carbocycles. The molecule has 34 heavy (non-hydrogen) atoms. The molecule has 4 amide bonds. The van der Waals surface area contributed by atoms with Crippen LogP contribution < -0.4 is 15.4 Å². The second-order valence-electron chi connectivity index (χ2n) is 8.65. The SMILES string of the molecule is C.COc1ccccc1C(=O)NCC1(c2ccccc2)CCC(N2C(=O)N[C@@H](CO)C2=O)CC1. The maximum Gasteiger partial charge on any atom is 0.325 e. The van der Waals surface area contributed by atoms with Crippen molar-refractivity contribution in [3.8, 4) is 5.75 Å². The highest BCUT2D eigenvalue weighted by atomic mass is 16.5. The third kappa shape index (κ3) is 4.77. The van der Waals surface area contributed by atoms with Gasteiger partial charge in [0.05, 0.1) is 19.3 Å². The molecule has 3 N–H and O–H groups in total. The summed E-state index contributed by atoms with van der Waals surface area (Å²) in [6.07, 6.45) is 2.65. The smallest absolute Gasteiger partial charge is 0.325 e. The number of methoxy groups -OCH3 is 1. The van der Waals surface area contributed by atoms with Crippen molar-refractivity contribution >= 4 is 17.8 Å². The van der Waals surface area contributed by atoms with E-state index in [-0.39, 0.29) is 30.7 Å². The fourth-order valence-electron chi connectivity index (χ4n) is 4.97. The van der Waals surface area contributed by atoms with Crippen LogP contribution in [0.3, 0.4) is 0 Å². The first kappa shape index (κ1) is 25.2. The topological polar surface area (TPSA) is 108 Å². The van der Waals surface area contributed by atoms with Crippen molar-refractivity contribution in [3.05, 3.63) is 65.7 Å².